The van der Waals surface area contributed by atoms with Gasteiger partial charge >= 0.3 is 0 Å². The first-order valence-electron chi connectivity index (χ1n) is 5.66. The number of aliphatic hydroxyl groups is 1. The summed E-state index contributed by atoms with van der Waals surface area (Å²) in [4.78, 5) is 9.18. The Balaban J connectivity index is 0.000000354. The lowest BCUT2D eigenvalue weighted by Gasteiger charge is -1.89. The fraction of sp³-hybridized carbons (Fsp3) is 0.636. The van der Waals surface area contributed by atoms with E-state index in [1.54, 1.807) is 14.0 Å². The van der Waals surface area contributed by atoms with Gasteiger partial charge in [-0.05, 0) is 6.92 Å². The molecule has 1 aromatic heterocycles. The molecule has 0 atom stereocenters. The number of aromatic nitrogens is 2. The molecule has 1 heterocycles. The van der Waals surface area contributed by atoms with Crippen LogP contribution in [0.5, 0.6) is 5.88 Å². The second kappa shape index (κ2) is 9.29. The fourth-order valence-electron chi connectivity index (χ4n) is 1.20. The number of aromatic amines is 1. The number of nitrogens with zero attached hydrogens (tertiary/aromatic N) is 1. The maximum atomic E-state index is 9.18. The zero-order valence-corrected chi connectivity index (χ0v) is 11.0. The van der Waals surface area contributed by atoms with E-state index in [0.717, 1.165) is 7.11 Å². The number of anilines is 1. The highest BCUT2D eigenvalue weighted by atomic mass is 16.5. The largest absolute Gasteiger partial charge is 0.477 e. The number of carbonyl (C=O) groups excluding carboxylic acids is 1. The molecule has 104 valence electrons. The SMILES string of the molecule is CCOC=O.CO.COc1[nH][n+](C2CC2)cc1N. The summed E-state index contributed by atoms with van der Waals surface area (Å²) in [6, 6.07) is 0.626. The predicted molar refractivity (Wildman–Crippen MR) is 66.1 cm³/mol. The fourth-order valence-corrected chi connectivity index (χ4v) is 1.20. The van der Waals surface area contributed by atoms with E-state index in [-0.39, 0.29) is 0 Å². The minimum atomic E-state index is 0.431. The minimum absolute atomic E-state index is 0.431. The number of H-pyrrole nitrogens is 1. The van der Waals surface area contributed by atoms with Gasteiger partial charge in [0, 0.05) is 20.0 Å². The van der Waals surface area contributed by atoms with Crippen LogP contribution in [0.4, 0.5) is 5.69 Å². The van der Waals surface area contributed by atoms with Crippen molar-refractivity contribution < 1.29 is 24.1 Å². The van der Waals surface area contributed by atoms with Crippen LogP contribution in [-0.4, -0.2) is 37.5 Å². The Kier molecular flexibility index (Phi) is 8.38. The summed E-state index contributed by atoms with van der Waals surface area (Å²) in [5, 5.41) is 10.1. The molecular weight excluding hydrogens is 238 g/mol. The van der Waals surface area contributed by atoms with Crippen molar-refractivity contribution in [2.24, 2.45) is 0 Å². The lowest BCUT2D eigenvalue weighted by Crippen LogP contribution is -2.33. The van der Waals surface area contributed by atoms with Crippen LogP contribution in [-0.2, 0) is 9.53 Å². The van der Waals surface area contributed by atoms with Gasteiger partial charge in [0.25, 0.3) is 12.4 Å². The van der Waals surface area contributed by atoms with Crippen molar-refractivity contribution in [2.75, 3.05) is 26.6 Å². The smallest absolute Gasteiger partial charge is 0.293 e. The highest BCUT2D eigenvalue weighted by molar-refractivity contribution is 5.43. The third kappa shape index (κ3) is 5.53. The Morgan fingerprint density at radius 2 is 2.22 bits per heavy atom. The number of rotatable bonds is 4. The number of carbonyl (C=O) groups is 1. The van der Waals surface area contributed by atoms with Gasteiger partial charge in [0.1, 0.15) is 0 Å². The van der Waals surface area contributed by atoms with Crippen LogP contribution < -0.4 is 15.2 Å². The van der Waals surface area contributed by atoms with E-state index in [0.29, 0.717) is 30.7 Å². The minimum Gasteiger partial charge on any atom is -0.477 e. The van der Waals surface area contributed by atoms with E-state index in [1.807, 2.05) is 10.9 Å². The lowest BCUT2D eigenvalue weighted by atomic mass is 10.6. The molecule has 1 aliphatic rings. The van der Waals surface area contributed by atoms with Gasteiger partial charge in [0.05, 0.1) is 13.7 Å². The Labute approximate surface area is 106 Å². The Morgan fingerprint density at radius 1 is 1.61 bits per heavy atom. The first kappa shape index (κ1) is 16.2. The normalized spacial score (nSPS) is 12.4. The topological polar surface area (TPSA) is 101 Å². The summed E-state index contributed by atoms with van der Waals surface area (Å²) >= 11 is 0. The van der Waals surface area contributed by atoms with Gasteiger partial charge in [-0.25, -0.2) is 0 Å². The number of nitrogens with one attached hydrogen (secondary N) is 1. The molecule has 18 heavy (non-hydrogen) atoms. The number of nitrogen functional groups attached to an aromatic ring is 1. The van der Waals surface area contributed by atoms with Crippen molar-refractivity contribution in [3.05, 3.63) is 6.20 Å². The quantitative estimate of drug-likeness (QED) is 0.523. The summed E-state index contributed by atoms with van der Waals surface area (Å²) in [7, 11) is 2.61. The number of hydrogen-bond donors (Lipinski definition) is 3. The molecule has 4 N–H and O–H groups in total. The first-order valence-corrected chi connectivity index (χ1v) is 5.66. The summed E-state index contributed by atoms with van der Waals surface area (Å²) in [6.45, 7) is 2.66. The monoisotopic (exact) mass is 260 g/mol. The average Bonchev–Trinajstić information content (AvgIpc) is 3.17. The van der Waals surface area contributed by atoms with E-state index in [9.17, 15) is 4.79 Å². The summed E-state index contributed by atoms with van der Waals surface area (Å²) < 4.78 is 11.2. The summed E-state index contributed by atoms with van der Waals surface area (Å²) in [5.41, 5.74) is 6.32. The number of nitrogens with two attached hydrogens (primary N) is 1. The molecule has 1 fully saturated rings. The molecule has 0 amide bonds. The standard InChI is InChI=1S/C7H11N3O.C3H6O2.CH4O/c1-11-7-6(8)4-10(9-7)5-2-3-5;1-2-5-3-4;1-2/h4-5H,2-3,8H2,1H3;3H,2H2,1H3;2H,1H3/p+1. The Bertz CT molecular complexity index is 337. The maximum Gasteiger partial charge on any atom is 0.293 e. The molecule has 0 saturated heterocycles. The second-order valence-corrected chi connectivity index (χ2v) is 3.42. The predicted octanol–water partition coefficient (Wildman–Crippen LogP) is 0.0157. The van der Waals surface area contributed by atoms with Crippen LogP contribution in [0.3, 0.4) is 0 Å². The molecule has 0 spiro atoms. The molecule has 0 bridgehead atoms. The zero-order valence-electron chi connectivity index (χ0n) is 11.0. The molecule has 1 aromatic rings. The first-order chi connectivity index (χ1) is 8.72. The molecule has 0 unspecified atom stereocenters. The molecule has 7 heteroatoms. The molecular formula is C11H22N3O4+. The second-order valence-electron chi connectivity index (χ2n) is 3.42. The van der Waals surface area contributed by atoms with Gasteiger partial charge in [-0.15, -0.1) is 9.78 Å². The molecule has 7 nitrogen and oxygen atoms in total. The van der Waals surface area contributed by atoms with Crippen LogP contribution >= 0.6 is 0 Å². The number of methoxy groups -OCH3 is 1. The molecule has 2 rings (SSSR count). The van der Waals surface area contributed by atoms with Gasteiger partial charge in [0.2, 0.25) is 6.20 Å². The molecule has 0 aromatic carbocycles. The van der Waals surface area contributed by atoms with Gasteiger partial charge < -0.3 is 20.3 Å². The third-order valence-electron chi connectivity index (χ3n) is 2.15. The molecule has 1 aliphatic carbocycles. The Morgan fingerprint density at radius 3 is 2.50 bits per heavy atom. The van der Waals surface area contributed by atoms with Crippen LogP contribution in [0.1, 0.15) is 25.8 Å². The van der Waals surface area contributed by atoms with Crippen LogP contribution in [0.25, 0.3) is 0 Å². The van der Waals surface area contributed by atoms with Crippen LogP contribution in [0, 0.1) is 0 Å². The number of aliphatic hydroxyl groups excluding tert-OH is 1. The third-order valence-corrected chi connectivity index (χ3v) is 2.15. The Hall–Kier alpha value is -1.76. The van der Waals surface area contributed by atoms with Crippen molar-refractivity contribution >= 4 is 12.2 Å². The summed E-state index contributed by atoms with van der Waals surface area (Å²) in [6.07, 6.45) is 4.37. The van der Waals surface area contributed by atoms with Gasteiger partial charge in [0.15, 0.2) is 11.7 Å². The van der Waals surface area contributed by atoms with E-state index in [1.165, 1.54) is 12.8 Å². The lowest BCUT2D eigenvalue weighted by molar-refractivity contribution is -0.753. The van der Waals surface area contributed by atoms with Crippen molar-refractivity contribution in [1.82, 2.24) is 5.10 Å². The van der Waals surface area contributed by atoms with E-state index >= 15 is 0 Å². The average molecular weight is 260 g/mol. The summed E-state index contributed by atoms with van der Waals surface area (Å²) in [5.74, 6) is 0.664. The van der Waals surface area contributed by atoms with Gasteiger partial charge in [-0.1, -0.05) is 0 Å². The molecule has 1 saturated carbocycles. The van der Waals surface area contributed by atoms with Crippen molar-refractivity contribution in [2.45, 2.75) is 25.8 Å². The van der Waals surface area contributed by atoms with Crippen molar-refractivity contribution in [3.63, 3.8) is 0 Å². The van der Waals surface area contributed by atoms with Gasteiger partial charge in [-0.3, -0.25) is 4.79 Å². The van der Waals surface area contributed by atoms with Gasteiger partial charge in [-0.2, -0.15) is 0 Å². The number of ether oxygens (including phenoxy) is 2. The maximum absolute atomic E-state index is 9.18. The highest BCUT2D eigenvalue weighted by Gasteiger charge is 2.34. The van der Waals surface area contributed by atoms with E-state index in [4.69, 9.17) is 15.6 Å². The van der Waals surface area contributed by atoms with E-state index < -0.39 is 0 Å². The zero-order chi connectivity index (χ0) is 14.0. The van der Waals surface area contributed by atoms with Crippen LogP contribution in [0.15, 0.2) is 6.20 Å². The van der Waals surface area contributed by atoms with Crippen molar-refractivity contribution in [1.29, 1.82) is 0 Å². The highest BCUT2D eigenvalue weighted by Crippen LogP contribution is 2.30. The number of hydrogen-bond acceptors (Lipinski definition) is 5. The van der Waals surface area contributed by atoms with Crippen LogP contribution in [0.2, 0.25) is 0 Å². The molecule has 0 aliphatic heterocycles. The van der Waals surface area contributed by atoms with Crippen molar-refractivity contribution in [3.8, 4) is 5.88 Å². The molecule has 0 radical (unpaired) electrons. The van der Waals surface area contributed by atoms with E-state index in [2.05, 4.69) is 9.84 Å².